The Bertz CT molecular complexity index is 764. The first-order chi connectivity index (χ1) is 11.5. The molecule has 2 amide bonds. The van der Waals surface area contributed by atoms with Gasteiger partial charge in [-0.3, -0.25) is 0 Å². The number of para-hydroxylation sites is 1. The normalized spacial score (nSPS) is 14.8. The lowest BCUT2D eigenvalue weighted by atomic mass is 9.95. The molecular formula is C17H17FN2O4. The molecule has 0 fully saturated rings. The Morgan fingerprint density at radius 3 is 2.79 bits per heavy atom. The number of halogens is 1. The predicted octanol–water partition coefficient (Wildman–Crippen LogP) is 2.58. The van der Waals surface area contributed by atoms with Crippen LogP contribution in [-0.2, 0) is 5.60 Å². The SMILES string of the molecule is C[C@@](O)(CNC(=O)Nc1ccccc1F)c1ccc2c(c1)OCO2. The van der Waals surface area contributed by atoms with E-state index < -0.39 is 17.4 Å². The highest BCUT2D eigenvalue weighted by Gasteiger charge is 2.26. The van der Waals surface area contributed by atoms with Crippen LogP contribution in [0.3, 0.4) is 0 Å². The van der Waals surface area contributed by atoms with E-state index in [1.807, 2.05) is 0 Å². The Kier molecular flexibility index (Phi) is 4.26. The van der Waals surface area contributed by atoms with Gasteiger partial charge in [0, 0.05) is 0 Å². The third kappa shape index (κ3) is 3.41. The van der Waals surface area contributed by atoms with Gasteiger partial charge in [-0.15, -0.1) is 0 Å². The molecule has 1 atom stereocenters. The van der Waals surface area contributed by atoms with E-state index in [4.69, 9.17) is 9.47 Å². The third-order valence-electron chi connectivity index (χ3n) is 3.71. The van der Waals surface area contributed by atoms with Crippen LogP contribution in [0.25, 0.3) is 0 Å². The van der Waals surface area contributed by atoms with Gasteiger partial charge in [0.2, 0.25) is 6.79 Å². The Morgan fingerprint density at radius 1 is 1.25 bits per heavy atom. The number of aliphatic hydroxyl groups is 1. The first-order valence-electron chi connectivity index (χ1n) is 7.37. The standard InChI is InChI=1S/C17H17FN2O4/c1-17(22,11-6-7-14-15(8-11)24-10-23-14)9-19-16(21)20-13-5-3-2-4-12(13)18/h2-8,22H,9-10H2,1H3,(H2,19,20,21)/t17-/m1/s1. The van der Waals surface area contributed by atoms with Crippen LogP contribution in [-0.4, -0.2) is 24.5 Å². The molecule has 0 saturated carbocycles. The van der Waals surface area contributed by atoms with Crippen molar-refractivity contribution in [2.75, 3.05) is 18.7 Å². The molecule has 1 heterocycles. The fourth-order valence-electron chi connectivity index (χ4n) is 2.32. The van der Waals surface area contributed by atoms with Gasteiger partial charge in [-0.05, 0) is 36.8 Å². The molecule has 0 radical (unpaired) electrons. The minimum atomic E-state index is -1.33. The van der Waals surface area contributed by atoms with Crippen molar-refractivity contribution in [3.63, 3.8) is 0 Å². The van der Waals surface area contributed by atoms with E-state index in [0.29, 0.717) is 17.1 Å². The van der Waals surface area contributed by atoms with Crippen molar-refractivity contribution in [3.05, 3.63) is 53.8 Å². The molecule has 6 nitrogen and oxygen atoms in total. The zero-order chi connectivity index (χ0) is 17.2. The third-order valence-corrected chi connectivity index (χ3v) is 3.71. The highest BCUT2D eigenvalue weighted by atomic mass is 19.1. The second-order valence-electron chi connectivity index (χ2n) is 5.63. The topological polar surface area (TPSA) is 79.8 Å². The van der Waals surface area contributed by atoms with Crippen molar-refractivity contribution >= 4 is 11.7 Å². The number of rotatable bonds is 4. The van der Waals surface area contributed by atoms with E-state index >= 15 is 0 Å². The molecule has 0 bridgehead atoms. The summed E-state index contributed by atoms with van der Waals surface area (Å²) in [6, 6.07) is 10.3. The van der Waals surface area contributed by atoms with Crippen molar-refractivity contribution < 1.29 is 23.8 Å². The Hall–Kier alpha value is -2.80. The summed E-state index contributed by atoms with van der Waals surface area (Å²) >= 11 is 0. The molecule has 2 aromatic carbocycles. The average Bonchev–Trinajstić information content (AvgIpc) is 3.03. The van der Waals surface area contributed by atoms with Crippen molar-refractivity contribution in [2.45, 2.75) is 12.5 Å². The van der Waals surface area contributed by atoms with E-state index in [1.54, 1.807) is 31.2 Å². The van der Waals surface area contributed by atoms with Gasteiger partial charge in [-0.1, -0.05) is 18.2 Å². The van der Waals surface area contributed by atoms with Crippen LogP contribution in [0.4, 0.5) is 14.9 Å². The summed E-state index contributed by atoms with van der Waals surface area (Å²) in [5.41, 5.74) is -0.691. The van der Waals surface area contributed by atoms with E-state index in [-0.39, 0.29) is 19.0 Å². The largest absolute Gasteiger partial charge is 0.454 e. The van der Waals surface area contributed by atoms with Crippen LogP contribution in [0.1, 0.15) is 12.5 Å². The van der Waals surface area contributed by atoms with Gasteiger partial charge in [0.15, 0.2) is 11.5 Å². The summed E-state index contributed by atoms with van der Waals surface area (Å²) in [7, 11) is 0. The summed E-state index contributed by atoms with van der Waals surface area (Å²) < 4.78 is 24.0. The van der Waals surface area contributed by atoms with Gasteiger partial charge in [0.25, 0.3) is 0 Å². The van der Waals surface area contributed by atoms with Gasteiger partial charge < -0.3 is 25.2 Å². The van der Waals surface area contributed by atoms with E-state index in [0.717, 1.165) is 0 Å². The average molecular weight is 332 g/mol. The fraction of sp³-hybridized carbons (Fsp3) is 0.235. The van der Waals surface area contributed by atoms with Crippen LogP contribution in [0.2, 0.25) is 0 Å². The van der Waals surface area contributed by atoms with Gasteiger partial charge in [-0.25, -0.2) is 9.18 Å². The number of urea groups is 1. The van der Waals surface area contributed by atoms with Crippen molar-refractivity contribution in [2.24, 2.45) is 0 Å². The summed E-state index contributed by atoms with van der Waals surface area (Å²) in [6.07, 6.45) is 0. The lowest BCUT2D eigenvalue weighted by Crippen LogP contribution is -2.40. The van der Waals surface area contributed by atoms with Crippen LogP contribution in [0.5, 0.6) is 11.5 Å². The summed E-state index contributed by atoms with van der Waals surface area (Å²) in [4.78, 5) is 11.9. The number of hydrogen-bond acceptors (Lipinski definition) is 4. The number of ether oxygens (including phenoxy) is 2. The maximum atomic E-state index is 13.5. The Balaban J connectivity index is 1.62. The number of carbonyl (C=O) groups excluding carboxylic acids is 1. The number of carbonyl (C=O) groups is 1. The molecule has 0 aromatic heterocycles. The van der Waals surface area contributed by atoms with E-state index in [2.05, 4.69) is 10.6 Å². The molecule has 2 aromatic rings. The van der Waals surface area contributed by atoms with Gasteiger partial charge in [-0.2, -0.15) is 0 Å². The molecule has 1 aliphatic heterocycles. The molecule has 3 N–H and O–H groups in total. The molecular weight excluding hydrogens is 315 g/mol. The number of hydrogen-bond donors (Lipinski definition) is 3. The molecule has 0 unspecified atom stereocenters. The van der Waals surface area contributed by atoms with E-state index in [1.165, 1.54) is 18.2 Å². The fourth-order valence-corrected chi connectivity index (χ4v) is 2.32. The number of amides is 2. The minimum Gasteiger partial charge on any atom is -0.454 e. The zero-order valence-electron chi connectivity index (χ0n) is 13.0. The Labute approximate surface area is 138 Å². The van der Waals surface area contributed by atoms with Crippen molar-refractivity contribution in [1.82, 2.24) is 5.32 Å². The number of benzene rings is 2. The first-order valence-corrected chi connectivity index (χ1v) is 7.37. The van der Waals surface area contributed by atoms with Crippen LogP contribution < -0.4 is 20.1 Å². The highest BCUT2D eigenvalue weighted by molar-refractivity contribution is 5.89. The minimum absolute atomic E-state index is 0.0626. The highest BCUT2D eigenvalue weighted by Crippen LogP contribution is 2.35. The lowest BCUT2D eigenvalue weighted by Gasteiger charge is -2.24. The first kappa shape index (κ1) is 16.1. The lowest BCUT2D eigenvalue weighted by molar-refractivity contribution is 0.0597. The maximum Gasteiger partial charge on any atom is 0.319 e. The molecule has 7 heteroatoms. The summed E-state index contributed by atoms with van der Waals surface area (Å²) in [6.45, 7) is 1.64. The van der Waals surface area contributed by atoms with Crippen LogP contribution in [0.15, 0.2) is 42.5 Å². The maximum absolute atomic E-state index is 13.5. The quantitative estimate of drug-likeness (QED) is 0.804. The van der Waals surface area contributed by atoms with E-state index in [9.17, 15) is 14.3 Å². The van der Waals surface area contributed by atoms with Gasteiger partial charge >= 0.3 is 6.03 Å². The van der Waals surface area contributed by atoms with Crippen molar-refractivity contribution in [3.8, 4) is 11.5 Å². The van der Waals surface area contributed by atoms with Gasteiger partial charge in [0.1, 0.15) is 11.4 Å². The molecule has 126 valence electrons. The molecule has 24 heavy (non-hydrogen) atoms. The second-order valence-corrected chi connectivity index (χ2v) is 5.63. The zero-order valence-corrected chi connectivity index (χ0v) is 13.0. The summed E-state index contributed by atoms with van der Waals surface area (Å²) in [5.74, 6) is 0.624. The number of nitrogens with one attached hydrogen (secondary N) is 2. The summed E-state index contributed by atoms with van der Waals surface area (Å²) in [5, 5.41) is 15.5. The number of anilines is 1. The molecule has 1 aliphatic rings. The second kappa shape index (κ2) is 6.37. The number of fused-ring (bicyclic) bond motifs is 1. The van der Waals surface area contributed by atoms with Crippen LogP contribution >= 0.6 is 0 Å². The monoisotopic (exact) mass is 332 g/mol. The molecule has 3 rings (SSSR count). The van der Waals surface area contributed by atoms with Crippen LogP contribution in [0, 0.1) is 5.82 Å². The molecule has 0 saturated heterocycles. The molecule has 0 aliphatic carbocycles. The predicted molar refractivity (Wildman–Crippen MR) is 85.6 cm³/mol. The van der Waals surface area contributed by atoms with Crippen molar-refractivity contribution in [1.29, 1.82) is 0 Å². The molecule has 0 spiro atoms. The van der Waals surface area contributed by atoms with Gasteiger partial charge in [0.05, 0.1) is 12.2 Å². The Morgan fingerprint density at radius 2 is 2.00 bits per heavy atom. The smallest absolute Gasteiger partial charge is 0.319 e.